The van der Waals surface area contributed by atoms with Gasteiger partial charge in [-0.2, -0.15) is 0 Å². The summed E-state index contributed by atoms with van der Waals surface area (Å²) in [6.45, 7) is 1.34. The van der Waals surface area contributed by atoms with Gasteiger partial charge in [0.2, 0.25) is 0 Å². The van der Waals surface area contributed by atoms with E-state index in [2.05, 4.69) is 0 Å². The van der Waals surface area contributed by atoms with Gasteiger partial charge in [-0.05, 0) is 42.2 Å². The number of rotatable bonds is 6. The van der Waals surface area contributed by atoms with E-state index in [4.69, 9.17) is 18.6 Å². The lowest BCUT2D eigenvalue weighted by Crippen LogP contribution is -2.04. The molecule has 0 radical (unpaired) electrons. The average molecular weight is 400 g/mol. The lowest BCUT2D eigenvalue weighted by Gasteiger charge is -2.09. The predicted molar refractivity (Wildman–Crippen MR) is 107 cm³/mol. The van der Waals surface area contributed by atoms with Gasteiger partial charge >= 0.3 is 11.9 Å². The summed E-state index contributed by atoms with van der Waals surface area (Å²) in [5.74, 6) is 0.759. The Morgan fingerprint density at radius 3 is 2.50 bits per heavy atom. The molecular formula is C21H20O6S. The molecule has 0 aliphatic carbocycles. The predicted octanol–water partition coefficient (Wildman–Crippen LogP) is 4.47. The first-order chi connectivity index (χ1) is 13.5. The first-order valence-corrected chi connectivity index (χ1v) is 9.72. The molecule has 3 aromatic rings. The van der Waals surface area contributed by atoms with Crippen molar-refractivity contribution in [2.45, 2.75) is 18.2 Å². The highest BCUT2D eigenvalue weighted by molar-refractivity contribution is 7.99. The zero-order valence-electron chi connectivity index (χ0n) is 16.0. The van der Waals surface area contributed by atoms with E-state index >= 15 is 0 Å². The molecule has 0 N–H and O–H groups in total. The van der Waals surface area contributed by atoms with Crippen molar-refractivity contribution in [1.29, 1.82) is 0 Å². The van der Waals surface area contributed by atoms with Crippen LogP contribution in [0.5, 0.6) is 11.5 Å². The Morgan fingerprint density at radius 1 is 1.07 bits per heavy atom. The molecule has 0 bridgehead atoms. The number of hydrogen-bond acceptors (Lipinski definition) is 7. The van der Waals surface area contributed by atoms with Crippen LogP contribution >= 0.6 is 11.8 Å². The third kappa shape index (κ3) is 3.99. The van der Waals surface area contributed by atoms with Crippen LogP contribution in [0.3, 0.4) is 0 Å². The molecule has 0 aliphatic rings. The molecular weight excluding hydrogens is 380 g/mol. The van der Waals surface area contributed by atoms with E-state index in [-0.39, 0.29) is 12.4 Å². The molecule has 1 aromatic heterocycles. The summed E-state index contributed by atoms with van der Waals surface area (Å²) in [5.41, 5.74) is 2.36. The lowest BCUT2D eigenvalue weighted by atomic mass is 10.1. The molecule has 2 aromatic carbocycles. The minimum absolute atomic E-state index is 0.200. The van der Waals surface area contributed by atoms with Crippen molar-refractivity contribution < 1.29 is 28.2 Å². The molecule has 28 heavy (non-hydrogen) atoms. The van der Waals surface area contributed by atoms with Gasteiger partial charge < -0.3 is 18.6 Å². The van der Waals surface area contributed by atoms with E-state index in [1.807, 2.05) is 30.5 Å². The molecule has 7 heteroatoms. The van der Waals surface area contributed by atoms with Crippen molar-refractivity contribution >= 4 is 34.7 Å². The van der Waals surface area contributed by atoms with Crippen molar-refractivity contribution in [3.63, 3.8) is 0 Å². The van der Waals surface area contributed by atoms with Crippen LogP contribution in [0.15, 0.2) is 45.7 Å². The lowest BCUT2D eigenvalue weighted by molar-refractivity contribution is -0.139. The normalized spacial score (nSPS) is 10.7. The van der Waals surface area contributed by atoms with Crippen molar-refractivity contribution in [3.8, 4) is 22.8 Å². The van der Waals surface area contributed by atoms with Crippen LogP contribution in [-0.2, 0) is 20.7 Å². The zero-order valence-corrected chi connectivity index (χ0v) is 16.8. The minimum atomic E-state index is -0.419. The summed E-state index contributed by atoms with van der Waals surface area (Å²) in [6.07, 6.45) is 2.16. The van der Waals surface area contributed by atoms with Gasteiger partial charge in [-0.1, -0.05) is 6.07 Å². The van der Waals surface area contributed by atoms with Gasteiger partial charge in [0.05, 0.1) is 25.5 Å². The average Bonchev–Trinajstić information content (AvgIpc) is 3.05. The van der Waals surface area contributed by atoms with Crippen LogP contribution < -0.4 is 9.47 Å². The highest BCUT2D eigenvalue weighted by atomic mass is 32.2. The molecule has 0 saturated carbocycles. The van der Waals surface area contributed by atoms with Gasteiger partial charge in [-0.3, -0.25) is 9.59 Å². The maximum absolute atomic E-state index is 11.6. The molecule has 0 unspecified atom stereocenters. The van der Waals surface area contributed by atoms with Gasteiger partial charge in [-0.15, -0.1) is 11.8 Å². The number of hydrogen-bond donors (Lipinski definition) is 0. The fourth-order valence-electron chi connectivity index (χ4n) is 2.91. The van der Waals surface area contributed by atoms with E-state index in [9.17, 15) is 9.59 Å². The number of methoxy groups -OCH3 is 2. The van der Waals surface area contributed by atoms with Gasteiger partial charge in [0.1, 0.15) is 11.3 Å². The third-order valence-corrected chi connectivity index (χ3v) is 4.98. The summed E-state index contributed by atoms with van der Waals surface area (Å²) < 4.78 is 21.3. The van der Waals surface area contributed by atoms with Gasteiger partial charge in [0.25, 0.3) is 0 Å². The molecule has 146 valence electrons. The van der Waals surface area contributed by atoms with E-state index in [0.29, 0.717) is 17.3 Å². The molecule has 0 spiro atoms. The van der Waals surface area contributed by atoms with Crippen LogP contribution in [0, 0.1) is 0 Å². The molecule has 0 amide bonds. The summed E-state index contributed by atoms with van der Waals surface area (Å²) >= 11 is 1.55. The summed E-state index contributed by atoms with van der Waals surface area (Å²) in [6, 6.07) is 10.9. The number of ether oxygens (including phenoxy) is 3. The Balaban J connectivity index is 2.07. The molecule has 3 rings (SSSR count). The second-order valence-electron chi connectivity index (χ2n) is 6.01. The molecule has 0 fully saturated rings. The Kier molecular flexibility index (Phi) is 5.94. The van der Waals surface area contributed by atoms with Gasteiger partial charge in [0.15, 0.2) is 11.5 Å². The standard InChI is InChI=1S/C21H20O6S/c1-12(22)26-17-8-6-14(11-18(17)24-2)20-21(28-4)15-9-13(10-19(23)25-3)5-7-16(15)27-20/h5-9,11H,10H2,1-4H3. The van der Waals surface area contributed by atoms with Crippen molar-refractivity contribution in [2.75, 3.05) is 20.5 Å². The molecule has 0 atom stereocenters. The molecule has 1 heterocycles. The summed E-state index contributed by atoms with van der Waals surface area (Å²) in [5, 5.41) is 0.923. The van der Waals surface area contributed by atoms with E-state index < -0.39 is 5.97 Å². The van der Waals surface area contributed by atoms with Gasteiger partial charge in [-0.25, -0.2) is 0 Å². The quantitative estimate of drug-likeness (QED) is 0.343. The fourth-order valence-corrected chi connectivity index (χ4v) is 3.64. The van der Waals surface area contributed by atoms with Crippen molar-refractivity contribution in [2.24, 2.45) is 0 Å². The number of fused-ring (bicyclic) bond motifs is 1. The van der Waals surface area contributed by atoms with E-state index in [0.717, 1.165) is 27.0 Å². The topological polar surface area (TPSA) is 75.0 Å². The number of thioether (sulfide) groups is 1. The number of benzene rings is 2. The highest BCUT2D eigenvalue weighted by Gasteiger charge is 2.18. The third-order valence-electron chi connectivity index (χ3n) is 4.17. The smallest absolute Gasteiger partial charge is 0.309 e. The van der Waals surface area contributed by atoms with Gasteiger partial charge in [0, 0.05) is 17.9 Å². The second-order valence-corrected chi connectivity index (χ2v) is 6.82. The van der Waals surface area contributed by atoms with E-state index in [1.54, 1.807) is 23.9 Å². The van der Waals surface area contributed by atoms with Crippen LogP contribution in [0.1, 0.15) is 12.5 Å². The Morgan fingerprint density at radius 2 is 1.86 bits per heavy atom. The Bertz CT molecular complexity index is 1040. The van der Waals surface area contributed by atoms with Crippen molar-refractivity contribution in [3.05, 3.63) is 42.0 Å². The van der Waals surface area contributed by atoms with E-state index in [1.165, 1.54) is 21.1 Å². The largest absolute Gasteiger partial charge is 0.493 e. The highest BCUT2D eigenvalue weighted by Crippen LogP contribution is 2.42. The molecule has 0 aliphatic heterocycles. The first-order valence-electron chi connectivity index (χ1n) is 8.50. The maximum atomic E-state index is 11.6. The number of carbonyl (C=O) groups excluding carboxylic acids is 2. The Labute approximate surface area is 166 Å². The van der Waals surface area contributed by atoms with Crippen molar-refractivity contribution in [1.82, 2.24) is 0 Å². The molecule has 6 nitrogen and oxygen atoms in total. The number of furan rings is 1. The number of esters is 2. The SMILES string of the molecule is COC(=O)Cc1ccc2oc(-c3ccc(OC(C)=O)c(OC)c3)c(SC)c2c1. The maximum Gasteiger partial charge on any atom is 0.309 e. The second kappa shape index (κ2) is 8.39. The fraction of sp³-hybridized carbons (Fsp3) is 0.238. The monoisotopic (exact) mass is 400 g/mol. The summed E-state index contributed by atoms with van der Waals surface area (Å²) in [4.78, 5) is 23.8. The number of carbonyl (C=O) groups is 2. The minimum Gasteiger partial charge on any atom is -0.493 e. The van der Waals surface area contributed by atoms with Crippen LogP contribution in [-0.4, -0.2) is 32.4 Å². The first kappa shape index (κ1) is 19.8. The summed E-state index contributed by atoms with van der Waals surface area (Å²) in [7, 11) is 2.89. The molecule has 0 saturated heterocycles. The zero-order chi connectivity index (χ0) is 20.3. The van der Waals surface area contributed by atoms with Crippen LogP contribution in [0.25, 0.3) is 22.3 Å². The Hall–Kier alpha value is -2.93. The van der Waals surface area contributed by atoms with Crippen LogP contribution in [0.2, 0.25) is 0 Å². The van der Waals surface area contributed by atoms with Crippen LogP contribution in [0.4, 0.5) is 0 Å².